The van der Waals surface area contributed by atoms with Gasteiger partial charge in [-0.25, -0.2) is 14.2 Å². The fourth-order valence-electron chi connectivity index (χ4n) is 2.74. The summed E-state index contributed by atoms with van der Waals surface area (Å²) in [6.45, 7) is 0. The molecule has 1 aromatic carbocycles. The number of fused-ring (bicyclic) bond motifs is 1. The van der Waals surface area contributed by atoms with E-state index in [1.165, 1.54) is 35.0 Å². The molecule has 5 rings (SSSR count). The minimum Gasteiger partial charge on any atom is -0.493 e. The first-order valence-corrected chi connectivity index (χ1v) is 8.81. The summed E-state index contributed by atoms with van der Waals surface area (Å²) < 4.78 is 20.5. The second-order valence-electron chi connectivity index (χ2n) is 6.55. The van der Waals surface area contributed by atoms with Gasteiger partial charge in [0.2, 0.25) is 5.88 Å². The number of rotatable bonds is 4. The summed E-state index contributed by atoms with van der Waals surface area (Å²) in [5.74, 6) is -0.511. The molecule has 1 aliphatic carbocycles. The second kappa shape index (κ2) is 6.55. The summed E-state index contributed by atoms with van der Waals surface area (Å²) in [6, 6.07) is 5.76. The number of aromatic nitrogens is 6. The molecule has 0 radical (unpaired) electrons. The van der Waals surface area contributed by atoms with E-state index in [0.29, 0.717) is 16.5 Å². The molecule has 11 heteroatoms. The van der Waals surface area contributed by atoms with Crippen molar-refractivity contribution in [2.45, 2.75) is 18.9 Å². The SMILES string of the molecule is O=c1[nH]c(O)c(C=c2cnn3c(=NC4CC4)nc(Oc4cccc(F)c4)nc23)[nH]1. The minimum absolute atomic E-state index is 0.0237. The molecule has 146 valence electrons. The van der Waals surface area contributed by atoms with Crippen LogP contribution in [0.2, 0.25) is 0 Å². The Bertz CT molecular complexity index is 1400. The molecule has 0 aliphatic heterocycles. The van der Waals surface area contributed by atoms with Gasteiger partial charge in [0.05, 0.1) is 12.2 Å². The molecule has 3 aromatic heterocycles. The highest BCUT2D eigenvalue weighted by Gasteiger charge is 2.21. The lowest BCUT2D eigenvalue weighted by Gasteiger charge is -2.04. The normalized spacial score (nSPS) is 15.3. The number of nitrogens with one attached hydrogen (secondary N) is 2. The summed E-state index contributed by atoms with van der Waals surface area (Å²) in [6.07, 6.45) is 4.94. The predicted octanol–water partition coefficient (Wildman–Crippen LogP) is 0.388. The second-order valence-corrected chi connectivity index (χ2v) is 6.55. The lowest BCUT2D eigenvalue weighted by atomic mass is 10.3. The number of halogens is 1. The van der Waals surface area contributed by atoms with E-state index in [9.17, 15) is 14.3 Å². The van der Waals surface area contributed by atoms with Crippen molar-refractivity contribution in [3.63, 3.8) is 0 Å². The van der Waals surface area contributed by atoms with E-state index in [1.807, 2.05) is 0 Å². The lowest BCUT2D eigenvalue weighted by molar-refractivity contribution is 0.432. The zero-order chi connectivity index (χ0) is 20.0. The Balaban J connectivity index is 1.68. The Kier molecular flexibility index (Phi) is 3.86. The van der Waals surface area contributed by atoms with Gasteiger partial charge in [0.1, 0.15) is 17.3 Å². The molecule has 10 nitrogen and oxygen atoms in total. The Morgan fingerprint density at radius 2 is 2.17 bits per heavy atom. The third-order valence-corrected chi connectivity index (χ3v) is 4.24. The lowest BCUT2D eigenvalue weighted by Crippen LogP contribution is -2.23. The first-order valence-electron chi connectivity index (χ1n) is 8.81. The fourth-order valence-corrected chi connectivity index (χ4v) is 2.74. The molecule has 0 bridgehead atoms. The van der Waals surface area contributed by atoms with E-state index in [4.69, 9.17) is 4.74 Å². The number of aromatic hydroxyl groups is 1. The molecule has 0 saturated heterocycles. The first kappa shape index (κ1) is 17.1. The smallest absolute Gasteiger partial charge is 0.327 e. The van der Waals surface area contributed by atoms with Crippen LogP contribution in [-0.4, -0.2) is 40.7 Å². The third-order valence-electron chi connectivity index (χ3n) is 4.24. The van der Waals surface area contributed by atoms with Crippen LogP contribution in [0, 0.1) is 5.82 Å². The minimum atomic E-state index is -0.542. The molecule has 1 aliphatic rings. The van der Waals surface area contributed by atoms with Crippen molar-refractivity contribution < 1.29 is 14.2 Å². The van der Waals surface area contributed by atoms with Crippen LogP contribution in [0.1, 0.15) is 18.5 Å². The van der Waals surface area contributed by atoms with Crippen LogP contribution < -0.4 is 21.3 Å². The molecule has 0 atom stereocenters. The maximum atomic E-state index is 13.5. The van der Waals surface area contributed by atoms with Gasteiger partial charge in [-0.2, -0.15) is 19.6 Å². The van der Waals surface area contributed by atoms with E-state index < -0.39 is 11.5 Å². The third kappa shape index (κ3) is 3.45. The zero-order valence-corrected chi connectivity index (χ0v) is 14.8. The quantitative estimate of drug-likeness (QED) is 0.458. The highest BCUT2D eigenvalue weighted by atomic mass is 19.1. The van der Waals surface area contributed by atoms with Gasteiger partial charge in [-0.3, -0.25) is 4.98 Å². The highest BCUT2D eigenvalue weighted by Crippen LogP contribution is 2.22. The molecule has 0 amide bonds. The van der Waals surface area contributed by atoms with Crippen molar-refractivity contribution in [1.29, 1.82) is 0 Å². The van der Waals surface area contributed by atoms with Gasteiger partial charge in [-0.1, -0.05) is 6.07 Å². The number of imidazole rings is 1. The van der Waals surface area contributed by atoms with Gasteiger partial charge in [-0.05, 0) is 31.1 Å². The molecule has 3 N–H and O–H groups in total. The van der Waals surface area contributed by atoms with Crippen LogP contribution in [0.15, 0.2) is 40.2 Å². The van der Waals surface area contributed by atoms with Crippen molar-refractivity contribution in [2.24, 2.45) is 4.99 Å². The van der Waals surface area contributed by atoms with E-state index in [1.54, 1.807) is 6.07 Å². The Hall–Kier alpha value is -4.02. The summed E-state index contributed by atoms with van der Waals surface area (Å²) in [4.78, 5) is 29.3. The number of ether oxygens (including phenoxy) is 1. The average molecular weight is 395 g/mol. The standard InChI is InChI=1S/C18H14FN7O3/c19-10-2-1-3-12(7-10)29-18-23-14-9(6-13-15(27)24-17(28)22-13)8-20-26(14)16(25-18)21-11-4-5-11/h1-3,6-8,11,27H,4-5H2,(H2,22,24,28). The van der Waals surface area contributed by atoms with Gasteiger partial charge >= 0.3 is 11.7 Å². The highest BCUT2D eigenvalue weighted by molar-refractivity contribution is 5.56. The van der Waals surface area contributed by atoms with E-state index in [-0.39, 0.29) is 29.4 Å². The molecule has 1 saturated carbocycles. The molecule has 1 fully saturated rings. The van der Waals surface area contributed by atoms with E-state index >= 15 is 0 Å². The largest absolute Gasteiger partial charge is 0.493 e. The summed E-state index contributed by atoms with van der Waals surface area (Å²) in [7, 11) is 0. The predicted molar refractivity (Wildman–Crippen MR) is 97.7 cm³/mol. The van der Waals surface area contributed by atoms with Gasteiger partial charge in [-0.15, -0.1) is 0 Å². The molecule has 0 unspecified atom stereocenters. The van der Waals surface area contributed by atoms with Gasteiger partial charge < -0.3 is 14.8 Å². The number of hydrogen-bond acceptors (Lipinski definition) is 7. The van der Waals surface area contributed by atoms with E-state index in [2.05, 4.69) is 30.0 Å². The Labute approximate surface area is 161 Å². The number of hydrogen-bond donors (Lipinski definition) is 3. The molecule has 4 aromatic rings. The van der Waals surface area contributed by atoms with Crippen LogP contribution in [0.4, 0.5) is 4.39 Å². The summed E-state index contributed by atoms with van der Waals surface area (Å²) in [5, 5.41) is 14.6. The molecular weight excluding hydrogens is 381 g/mol. The van der Waals surface area contributed by atoms with Crippen LogP contribution in [0.5, 0.6) is 17.6 Å². The Morgan fingerprint density at radius 3 is 2.90 bits per heavy atom. The van der Waals surface area contributed by atoms with Crippen LogP contribution in [-0.2, 0) is 0 Å². The van der Waals surface area contributed by atoms with Crippen LogP contribution in [0.25, 0.3) is 11.7 Å². The Morgan fingerprint density at radius 1 is 1.31 bits per heavy atom. The van der Waals surface area contributed by atoms with Crippen LogP contribution in [0.3, 0.4) is 0 Å². The van der Waals surface area contributed by atoms with Crippen LogP contribution >= 0.6 is 0 Å². The van der Waals surface area contributed by atoms with Gasteiger partial charge in [0.25, 0.3) is 5.62 Å². The number of benzene rings is 1. The molecule has 0 spiro atoms. The van der Waals surface area contributed by atoms with Crippen molar-refractivity contribution in [1.82, 2.24) is 29.5 Å². The van der Waals surface area contributed by atoms with Crippen molar-refractivity contribution >= 4 is 11.7 Å². The number of aromatic amines is 2. The monoisotopic (exact) mass is 395 g/mol. The number of nitrogens with zero attached hydrogens (tertiary/aromatic N) is 5. The zero-order valence-electron chi connectivity index (χ0n) is 14.8. The van der Waals surface area contributed by atoms with Crippen molar-refractivity contribution in [3.05, 3.63) is 63.3 Å². The van der Waals surface area contributed by atoms with E-state index in [0.717, 1.165) is 12.8 Å². The molecule has 29 heavy (non-hydrogen) atoms. The number of H-pyrrole nitrogens is 2. The summed E-state index contributed by atoms with van der Waals surface area (Å²) >= 11 is 0. The molecular formula is C18H14FN7O3. The average Bonchev–Trinajstić information content (AvgIpc) is 3.31. The first-order chi connectivity index (χ1) is 14.0. The van der Waals surface area contributed by atoms with Gasteiger partial charge in [0, 0.05) is 11.3 Å². The van der Waals surface area contributed by atoms with Crippen molar-refractivity contribution in [2.75, 3.05) is 0 Å². The topological polar surface area (TPSA) is 134 Å². The maximum absolute atomic E-state index is 13.5. The summed E-state index contributed by atoms with van der Waals surface area (Å²) in [5.41, 5.74) is 0.291. The van der Waals surface area contributed by atoms with Gasteiger partial charge in [0.15, 0.2) is 5.65 Å². The molecule has 3 heterocycles. The van der Waals surface area contributed by atoms with Crippen molar-refractivity contribution in [3.8, 4) is 17.6 Å². The maximum Gasteiger partial charge on any atom is 0.327 e. The fraction of sp³-hybridized carbons (Fsp3) is 0.167.